The molecule has 0 spiro atoms. The van der Waals surface area contributed by atoms with Crippen LogP contribution in [0.2, 0.25) is 0 Å². The summed E-state index contributed by atoms with van der Waals surface area (Å²) in [7, 11) is -1.15. The molecule has 9 nitrogen and oxygen atoms in total. The number of sulfonamides is 1. The summed E-state index contributed by atoms with van der Waals surface area (Å²) in [5, 5.41) is 2.83. The van der Waals surface area contributed by atoms with Gasteiger partial charge in [-0.1, -0.05) is 12.8 Å². The van der Waals surface area contributed by atoms with Gasteiger partial charge in [-0.15, -0.1) is 0 Å². The Morgan fingerprint density at radius 2 is 1.79 bits per heavy atom. The van der Waals surface area contributed by atoms with E-state index in [2.05, 4.69) is 10.0 Å². The van der Waals surface area contributed by atoms with Gasteiger partial charge >= 0.3 is 5.97 Å². The Kier molecular flexibility index (Phi) is 7.64. The van der Waals surface area contributed by atoms with Crippen molar-refractivity contribution >= 4 is 21.9 Å². The van der Waals surface area contributed by atoms with Crippen LogP contribution in [0.25, 0.3) is 0 Å². The van der Waals surface area contributed by atoms with E-state index >= 15 is 0 Å². The average molecular weight is 414 g/mol. The Morgan fingerprint density at radius 3 is 2.39 bits per heavy atom. The van der Waals surface area contributed by atoms with Crippen LogP contribution in [0.1, 0.15) is 32.6 Å². The number of rotatable bonds is 9. The molecule has 1 aromatic rings. The Labute approximate surface area is 164 Å². The topological polar surface area (TPSA) is 120 Å². The molecule has 0 unspecified atom stereocenters. The molecule has 156 valence electrons. The highest BCUT2D eigenvalue weighted by Gasteiger charge is 2.24. The third-order valence-electron chi connectivity index (χ3n) is 4.45. The highest BCUT2D eigenvalue weighted by molar-refractivity contribution is 7.89. The van der Waals surface area contributed by atoms with Crippen LogP contribution < -0.4 is 19.5 Å². The zero-order valence-corrected chi connectivity index (χ0v) is 17.0. The number of amides is 1. The van der Waals surface area contributed by atoms with Crippen LogP contribution in [0.5, 0.6) is 11.5 Å². The molecule has 1 amide bonds. The predicted molar refractivity (Wildman–Crippen MR) is 101 cm³/mol. The van der Waals surface area contributed by atoms with Gasteiger partial charge in [0.15, 0.2) is 17.6 Å². The summed E-state index contributed by atoms with van der Waals surface area (Å²) in [6, 6.07) is 4.16. The second-order valence-electron chi connectivity index (χ2n) is 6.46. The van der Waals surface area contributed by atoms with Gasteiger partial charge in [0.2, 0.25) is 10.0 Å². The summed E-state index contributed by atoms with van der Waals surface area (Å²) in [5.74, 6) is -0.616. The lowest BCUT2D eigenvalue weighted by molar-refractivity contribution is -0.153. The van der Waals surface area contributed by atoms with Crippen LogP contribution >= 0.6 is 0 Å². The van der Waals surface area contributed by atoms with E-state index in [-0.39, 0.29) is 22.6 Å². The second kappa shape index (κ2) is 9.74. The summed E-state index contributed by atoms with van der Waals surface area (Å²) in [5.41, 5.74) is 0. The second-order valence-corrected chi connectivity index (χ2v) is 8.23. The Balaban J connectivity index is 1.89. The molecule has 0 radical (unpaired) electrons. The zero-order chi connectivity index (χ0) is 20.7. The molecule has 28 heavy (non-hydrogen) atoms. The van der Waals surface area contributed by atoms with Crippen molar-refractivity contribution in [2.24, 2.45) is 0 Å². The van der Waals surface area contributed by atoms with Crippen LogP contribution in [-0.2, 0) is 24.3 Å². The average Bonchev–Trinajstić information content (AvgIpc) is 3.18. The lowest BCUT2D eigenvalue weighted by Gasteiger charge is -2.17. The zero-order valence-electron chi connectivity index (χ0n) is 16.2. The van der Waals surface area contributed by atoms with E-state index in [0.717, 1.165) is 25.7 Å². The Hall–Kier alpha value is -2.33. The molecule has 0 bridgehead atoms. The fourth-order valence-electron chi connectivity index (χ4n) is 2.90. The van der Waals surface area contributed by atoms with E-state index in [1.165, 1.54) is 39.3 Å². The molecule has 0 saturated heterocycles. The standard InChI is InChI=1S/C18H26N2O7S/c1-12(18(22)20-13-6-4-5-7-13)27-17(21)11-19-28(23,24)14-8-9-15(25-2)16(10-14)26-3/h8-10,12-13,19H,4-7,11H2,1-3H3,(H,20,22)/t12-/m0/s1. The van der Waals surface area contributed by atoms with E-state index < -0.39 is 28.6 Å². The normalized spacial score (nSPS) is 15.7. The van der Waals surface area contributed by atoms with Gasteiger partial charge in [-0.25, -0.2) is 8.42 Å². The van der Waals surface area contributed by atoms with E-state index in [9.17, 15) is 18.0 Å². The van der Waals surface area contributed by atoms with E-state index in [4.69, 9.17) is 14.2 Å². The molecule has 1 aliphatic rings. The number of carbonyl (C=O) groups is 2. The van der Waals surface area contributed by atoms with E-state index in [1.807, 2.05) is 0 Å². The molecule has 0 heterocycles. The van der Waals surface area contributed by atoms with Crippen molar-refractivity contribution < 1.29 is 32.2 Å². The summed E-state index contributed by atoms with van der Waals surface area (Å²) < 4.78 is 42.0. The molecule has 2 rings (SSSR count). The first-order valence-corrected chi connectivity index (χ1v) is 10.5. The van der Waals surface area contributed by atoms with Crippen LogP contribution in [0, 0.1) is 0 Å². The van der Waals surface area contributed by atoms with Gasteiger partial charge < -0.3 is 19.5 Å². The monoisotopic (exact) mass is 414 g/mol. The number of benzene rings is 1. The van der Waals surface area contributed by atoms with Gasteiger partial charge in [-0.05, 0) is 31.9 Å². The lowest BCUT2D eigenvalue weighted by atomic mass is 10.2. The number of carbonyl (C=O) groups excluding carboxylic acids is 2. The van der Waals surface area contributed by atoms with Crippen molar-refractivity contribution in [3.8, 4) is 11.5 Å². The van der Waals surface area contributed by atoms with Crippen LogP contribution in [0.4, 0.5) is 0 Å². The summed E-state index contributed by atoms with van der Waals surface area (Å²) in [6.07, 6.45) is 2.96. The molecular weight excluding hydrogens is 388 g/mol. The molecular formula is C18H26N2O7S. The van der Waals surface area contributed by atoms with E-state index in [1.54, 1.807) is 0 Å². The van der Waals surface area contributed by atoms with Crippen molar-refractivity contribution in [3.05, 3.63) is 18.2 Å². The number of nitrogens with one attached hydrogen (secondary N) is 2. The molecule has 10 heteroatoms. The first-order valence-electron chi connectivity index (χ1n) is 8.98. The Morgan fingerprint density at radius 1 is 1.14 bits per heavy atom. The quantitative estimate of drug-likeness (QED) is 0.578. The van der Waals surface area contributed by atoms with Crippen LogP contribution in [0.3, 0.4) is 0 Å². The van der Waals surface area contributed by atoms with Gasteiger partial charge in [0.1, 0.15) is 6.54 Å². The van der Waals surface area contributed by atoms with Gasteiger partial charge in [0.25, 0.3) is 5.91 Å². The number of methoxy groups -OCH3 is 2. The fourth-order valence-corrected chi connectivity index (χ4v) is 3.89. The van der Waals surface area contributed by atoms with Crippen molar-refractivity contribution in [1.82, 2.24) is 10.0 Å². The highest BCUT2D eigenvalue weighted by Crippen LogP contribution is 2.29. The molecule has 2 N–H and O–H groups in total. The van der Waals surface area contributed by atoms with Crippen molar-refractivity contribution in [2.45, 2.75) is 49.6 Å². The summed E-state index contributed by atoms with van der Waals surface area (Å²) >= 11 is 0. The molecule has 1 fully saturated rings. The lowest BCUT2D eigenvalue weighted by Crippen LogP contribution is -2.42. The molecule has 0 aliphatic heterocycles. The Bertz CT molecular complexity index is 804. The van der Waals surface area contributed by atoms with Gasteiger partial charge in [-0.3, -0.25) is 9.59 Å². The molecule has 1 atom stereocenters. The molecule has 1 aliphatic carbocycles. The summed E-state index contributed by atoms with van der Waals surface area (Å²) in [4.78, 5) is 23.9. The largest absolute Gasteiger partial charge is 0.493 e. The summed E-state index contributed by atoms with van der Waals surface area (Å²) in [6.45, 7) is 0.850. The van der Waals surface area contributed by atoms with E-state index in [0.29, 0.717) is 5.75 Å². The third kappa shape index (κ3) is 5.83. The van der Waals surface area contributed by atoms with Crippen LogP contribution in [-0.4, -0.2) is 53.2 Å². The molecule has 0 aromatic heterocycles. The minimum Gasteiger partial charge on any atom is -0.493 e. The maximum Gasteiger partial charge on any atom is 0.321 e. The fraction of sp³-hybridized carbons (Fsp3) is 0.556. The number of ether oxygens (including phenoxy) is 3. The van der Waals surface area contributed by atoms with Gasteiger partial charge in [0.05, 0.1) is 19.1 Å². The smallest absolute Gasteiger partial charge is 0.321 e. The van der Waals surface area contributed by atoms with Crippen molar-refractivity contribution in [1.29, 1.82) is 0 Å². The predicted octanol–water partition coefficient (Wildman–Crippen LogP) is 0.973. The van der Waals surface area contributed by atoms with Gasteiger partial charge in [-0.2, -0.15) is 4.72 Å². The van der Waals surface area contributed by atoms with Crippen LogP contribution in [0.15, 0.2) is 23.1 Å². The SMILES string of the molecule is COc1ccc(S(=O)(=O)NCC(=O)O[C@@H](C)C(=O)NC2CCCC2)cc1OC. The maximum absolute atomic E-state index is 12.4. The number of hydrogen-bond acceptors (Lipinski definition) is 7. The number of hydrogen-bond donors (Lipinski definition) is 2. The first-order chi connectivity index (χ1) is 13.3. The van der Waals surface area contributed by atoms with Gasteiger partial charge in [0, 0.05) is 12.1 Å². The minimum absolute atomic E-state index is 0.0926. The van der Waals surface area contributed by atoms with Crippen molar-refractivity contribution in [2.75, 3.05) is 20.8 Å². The molecule has 1 aromatic carbocycles. The maximum atomic E-state index is 12.4. The first kappa shape index (κ1) is 22.0. The molecule has 1 saturated carbocycles. The van der Waals surface area contributed by atoms with Crippen molar-refractivity contribution in [3.63, 3.8) is 0 Å². The highest BCUT2D eigenvalue weighted by atomic mass is 32.2. The third-order valence-corrected chi connectivity index (χ3v) is 5.85. The minimum atomic E-state index is -3.97. The number of esters is 1.